The van der Waals surface area contributed by atoms with Gasteiger partial charge in [-0.3, -0.25) is 14.4 Å². The van der Waals surface area contributed by atoms with Crippen LogP contribution in [0.3, 0.4) is 0 Å². The lowest BCUT2D eigenvalue weighted by Crippen LogP contribution is -2.30. The van der Waals surface area contributed by atoms with Gasteiger partial charge in [0.2, 0.25) is 0 Å². The number of allylic oxidation sites excluding steroid dienone is 6. The number of esters is 3. The Bertz CT molecular complexity index is 922. The maximum atomic E-state index is 12.7. The zero-order valence-electron chi connectivity index (χ0n) is 35.7. The summed E-state index contributed by atoms with van der Waals surface area (Å²) >= 11 is 0. The monoisotopic (exact) mass is 759 g/mol. The van der Waals surface area contributed by atoms with E-state index in [4.69, 9.17) is 14.2 Å². The van der Waals surface area contributed by atoms with Gasteiger partial charge >= 0.3 is 17.9 Å². The summed E-state index contributed by atoms with van der Waals surface area (Å²) in [6, 6.07) is 0. The predicted octanol–water partition coefficient (Wildman–Crippen LogP) is 14.6. The maximum Gasteiger partial charge on any atom is 0.306 e. The van der Waals surface area contributed by atoms with Crippen LogP contribution in [0.1, 0.15) is 233 Å². The Morgan fingerprint density at radius 2 is 0.648 bits per heavy atom. The summed E-state index contributed by atoms with van der Waals surface area (Å²) < 4.78 is 16.7. The first-order chi connectivity index (χ1) is 26.5. The largest absolute Gasteiger partial charge is 0.462 e. The van der Waals surface area contributed by atoms with E-state index in [9.17, 15) is 14.4 Å². The van der Waals surface area contributed by atoms with Gasteiger partial charge in [0, 0.05) is 19.3 Å². The average molecular weight is 759 g/mol. The summed E-state index contributed by atoms with van der Waals surface area (Å²) in [4.78, 5) is 37.7. The molecule has 1 unspecified atom stereocenters. The highest BCUT2D eigenvalue weighted by atomic mass is 16.6. The van der Waals surface area contributed by atoms with Crippen LogP contribution < -0.4 is 0 Å². The normalized spacial score (nSPS) is 12.3. The first kappa shape index (κ1) is 51.6. The average Bonchev–Trinajstić information content (AvgIpc) is 3.17. The standard InChI is InChI=1S/C48H86O6/c1-4-7-10-13-16-19-22-24-26-29-32-35-38-41-47(50)53-44-45(43-52-46(49)40-37-34-31-28-21-18-15-12-9-6-3)54-48(51)42-39-36-33-30-27-25-23-20-17-14-11-8-5-2/h12,15,19-20,22-23,45H,4-11,13-14,16-18,21,24-44H2,1-3H3/b15-12-,22-19-,23-20-. The van der Waals surface area contributed by atoms with Crippen molar-refractivity contribution in [3.63, 3.8) is 0 Å². The molecule has 0 amide bonds. The molecule has 0 N–H and O–H groups in total. The van der Waals surface area contributed by atoms with Crippen molar-refractivity contribution in [3.05, 3.63) is 36.5 Å². The van der Waals surface area contributed by atoms with Gasteiger partial charge in [-0.15, -0.1) is 0 Å². The lowest BCUT2D eigenvalue weighted by Gasteiger charge is -2.18. The van der Waals surface area contributed by atoms with E-state index in [0.717, 1.165) is 89.9 Å². The van der Waals surface area contributed by atoms with Crippen LogP contribution in [0.4, 0.5) is 0 Å². The lowest BCUT2D eigenvalue weighted by atomic mass is 10.1. The fraction of sp³-hybridized carbons (Fsp3) is 0.812. The van der Waals surface area contributed by atoms with Crippen LogP contribution in [0.2, 0.25) is 0 Å². The SMILES string of the molecule is CCC/C=C\CCCCCCCC(=O)OCC(COC(=O)CCCCCCC/C=C\CCCCCC)OC(=O)CCCCCCC/C=C\CCCCCC. The molecular formula is C48H86O6. The Balaban J connectivity index is 4.39. The summed E-state index contributed by atoms with van der Waals surface area (Å²) in [5.41, 5.74) is 0. The van der Waals surface area contributed by atoms with Crippen LogP contribution in [0.25, 0.3) is 0 Å². The third-order valence-corrected chi connectivity index (χ3v) is 9.82. The smallest absolute Gasteiger partial charge is 0.306 e. The number of rotatable bonds is 41. The summed E-state index contributed by atoms with van der Waals surface area (Å²) in [5, 5.41) is 0. The number of carbonyl (C=O) groups is 3. The number of hydrogen-bond acceptors (Lipinski definition) is 6. The van der Waals surface area contributed by atoms with Crippen molar-refractivity contribution in [1.29, 1.82) is 0 Å². The van der Waals surface area contributed by atoms with Gasteiger partial charge in [-0.2, -0.15) is 0 Å². The van der Waals surface area contributed by atoms with Gasteiger partial charge < -0.3 is 14.2 Å². The second-order valence-electron chi connectivity index (χ2n) is 15.3. The van der Waals surface area contributed by atoms with Gasteiger partial charge in [-0.25, -0.2) is 0 Å². The van der Waals surface area contributed by atoms with E-state index in [1.54, 1.807) is 0 Å². The van der Waals surface area contributed by atoms with Crippen molar-refractivity contribution >= 4 is 17.9 Å². The van der Waals surface area contributed by atoms with E-state index in [1.807, 2.05) is 0 Å². The highest BCUT2D eigenvalue weighted by Gasteiger charge is 2.19. The van der Waals surface area contributed by atoms with Gasteiger partial charge in [-0.05, 0) is 89.9 Å². The van der Waals surface area contributed by atoms with Gasteiger partial charge in [0.25, 0.3) is 0 Å². The maximum absolute atomic E-state index is 12.7. The number of ether oxygens (including phenoxy) is 3. The molecule has 0 aliphatic carbocycles. The number of unbranched alkanes of at least 4 members (excludes halogenated alkanes) is 24. The van der Waals surface area contributed by atoms with Gasteiger partial charge in [0.1, 0.15) is 13.2 Å². The molecule has 0 fully saturated rings. The Morgan fingerprint density at radius 3 is 1.00 bits per heavy atom. The molecule has 6 nitrogen and oxygen atoms in total. The summed E-state index contributed by atoms with van der Waals surface area (Å²) in [7, 11) is 0. The van der Waals surface area contributed by atoms with Crippen molar-refractivity contribution < 1.29 is 28.6 Å². The highest BCUT2D eigenvalue weighted by molar-refractivity contribution is 5.71. The fourth-order valence-electron chi connectivity index (χ4n) is 6.31. The van der Waals surface area contributed by atoms with Crippen LogP contribution in [0.5, 0.6) is 0 Å². The lowest BCUT2D eigenvalue weighted by molar-refractivity contribution is -0.167. The van der Waals surface area contributed by atoms with Crippen molar-refractivity contribution in [1.82, 2.24) is 0 Å². The van der Waals surface area contributed by atoms with Gasteiger partial charge in [-0.1, -0.05) is 160 Å². The third-order valence-electron chi connectivity index (χ3n) is 9.82. The van der Waals surface area contributed by atoms with E-state index in [1.165, 1.54) is 103 Å². The summed E-state index contributed by atoms with van der Waals surface area (Å²) in [5.74, 6) is -0.909. The molecule has 0 aliphatic heterocycles. The fourth-order valence-corrected chi connectivity index (χ4v) is 6.31. The molecule has 0 heterocycles. The predicted molar refractivity (Wildman–Crippen MR) is 229 cm³/mol. The van der Waals surface area contributed by atoms with Crippen molar-refractivity contribution in [2.24, 2.45) is 0 Å². The molecule has 6 heteroatoms. The first-order valence-corrected chi connectivity index (χ1v) is 23.0. The van der Waals surface area contributed by atoms with Crippen LogP contribution in [-0.4, -0.2) is 37.2 Å². The van der Waals surface area contributed by atoms with Gasteiger partial charge in [0.15, 0.2) is 6.10 Å². The second-order valence-corrected chi connectivity index (χ2v) is 15.3. The molecule has 0 saturated heterocycles. The molecule has 0 aromatic carbocycles. The van der Waals surface area contributed by atoms with Gasteiger partial charge in [0.05, 0.1) is 0 Å². The number of carbonyl (C=O) groups excluding carboxylic acids is 3. The molecule has 0 aromatic rings. The minimum absolute atomic E-state index is 0.0819. The van der Waals surface area contributed by atoms with Crippen LogP contribution in [-0.2, 0) is 28.6 Å². The van der Waals surface area contributed by atoms with Crippen molar-refractivity contribution in [3.8, 4) is 0 Å². The molecule has 314 valence electrons. The Kier molecular flexibility index (Phi) is 41.5. The highest BCUT2D eigenvalue weighted by Crippen LogP contribution is 2.13. The first-order valence-electron chi connectivity index (χ1n) is 23.0. The third kappa shape index (κ3) is 40.8. The summed E-state index contributed by atoms with van der Waals surface area (Å²) in [6.07, 6.45) is 48.4. The van der Waals surface area contributed by atoms with E-state index >= 15 is 0 Å². The molecular weight excluding hydrogens is 673 g/mol. The zero-order chi connectivity index (χ0) is 39.4. The zero-order valence-corrected chi connectivity index (χ0v) is 35.7. The van der Waals surface area contributed by atoms with E-state index in [0.29, 0.717) is 19.3 Å². The Hall–Kier alpha value is -2.37. The van der Waals surface area contributed by atoms with E-state index < -0.39 is 6.10 Å². The summed E-state index contributed by atoms with van der Waals surface area (Å²) in [6.45, 7) is 6.52. The minimum Gasteiger partial charge on any atom is -0.462 e. The van der Waals surface area contributed by atoms with Crippen LogP contribution in [0.15, 0.2) is 36.5 Å². The molecule has 0 spiro atoms. The molecule has 0 bridgehead atoms. The molecule has 0 rings (SSSR count). The van der Waals surface area contributed by atoms with E-state index in [-0.39, 0.29) is 31.1 Å². The van der Waals surface area contributed by atoms with Crippen molar-refractivity contribution in [2.45, 2.75) is 239 Å². The quantitative estimate of drug-likeness (QED) is 0.0267. The Labute approximate surface area is 334 Å². The van der Waals surface area contributed by atoms with Crippen LogP contribution in [0, 0.1) is 0 Å². The molecule has 0 aromatic heterocycles. The molecule has 0 saturated carbocycles. The Morgan fingerprint density at radius 1 is 0.352 bits per heavy atom. The van der Waals surface area contributed by atoms with E-state index in [2.05, 4.69) is 57.2 Å². The number of hydrogen-bond donors (Lipinski definition) is 0. The molecule has 54 heavy (non-hydrogen) atoms. The van der Waals surface area contributed by atoms with Crippen LogP contribution >= 0.6 is 0 Å². The molecule has 0 aliphatic rings. The topological polar surface area (TPSA) is 78.9 Å². The van der Waals surface area contributed by atoms with Crippen molar-refractivity contribution in [2.75, 3.05) is 13.2 Å². The second kappa shape index (κ2) is 43.4. The minimum atomic E-state index is -0.778. The molecule has 0 radical (unpaired) electrons. The molecule has 1 atom stereocenters.